The smallest absolute Gasteiger partial charge is 0.332 e. The number of amides is 1. The Bertz CT molecular complexity index is 904. The number of thioether (sulfide) groups is 1. The van der Waals surface area contributed by atoms with E-state index in [0.717, 1.165) is 25.9 Å². The molecule has 1 aliphatic heterocycles. The lowest BCUT2D eigenvalue weighted by atomic mass is 10.4. The zero-order chi connectivity index (χ0) is 17.4. The molecule has 1 fully saturated rings. The predicted molar refractivity (Wildman–Crippen MR) is 92.4 cm³/mol. The average molecular weight is 351 g/mol. The number of imidazole rings is 1. The van der Waals surface area contributed by atoms with Crippen LogP contribution in [0.1, 0.15) is 19.8 Å². The van der Waals surface area contributed by atoms with E-state index in [1.165, 1.54) is 20.9 Å². The summed E-state index contributed by atoms with van der Waals surface area (Å²) >= 11 is 1.30. The second-order valence-corrected chi connectivity index (χ2v) is 6.84. The number of aryl methyl sites for hydroxylation is 2. The third-order valence-electron chi connectivity index (χ3n) is 4.42. The average Bonchev–Trinajstić information content (AvgIpc) is 3.20. The number of aromatic nitrogens is 4. The summed E-state index contributed by atoms with van der Waals surface area (Å²) < 4.78 is 4.24. The highest BCUT2D eigenvalue weighted by molar-refractivity contribution is 7.99. The SMILES string of the molecule is CCn1c(=O)c2c(nc(SCC(=O)N3CCCC3)n2C)n(C)c1=O. The van der Waals surface area contributed by atoms with E-state index in [-0.39, 0.29) is 22.9 Å². The van der Waals surface area contributed by atoms with Crippen molar-refractivity contribution in [3.63, 3.8) is 0 Å². The van der Waals surface area contributed by atoms with Gasteiger partial charge in [-0.1, -0.05) is 11.8 Å². The summed E-state index contributed by atoms with van der Waals surface area (Å²) in [5, 5.41) is 0.568. The summed E-state index contributed by atoms with van der Waals surface area (Å²) in [4.78, 5) is 43.2. The molecule has 8 nitrogen and oxygen atoms in total. The lowest BCUT2D eigenvalue weighted by molar-refractivity contribution is -0.127. The summed E-state index contributed by atoms with van der Waals surface area (Å²) in [6, 6.07) is 0. The second kappa shape index (κ2) is 6.46. The first kappa shape index (κ1) is 16.8. The Labute approximate surface area is 143 Å². The van der Waals surface area contributed by atoms with E-state index in [1.54, 1.807) is 25.6 Å². The Morgan fingerprint density at radius 1 is 1.17 bits per heavy atom. The molecule has 0 aliphatic carbocycles. The van der Waals surface area contributed by atoms with Crippen molar-refractivity contribution in [1.29, 1.82) is 0 Å². The van der Waals surface area contributed by atoms with Crippen molar-refractivity contribution in [2.45, 2.75) is 31.5 Å². The Balaban J connectivity index is 1.95. The van der Waals surface area contributed by atoms with E-state index in [4.69, 9.17) is 0 Å². The van der Waals surface area contributed by atoms with Crippen LogP contribution in [0.5, 0.6) is 0 Å². The van der Waals surface area contributed by atoms with Gasteiger partial charge < -0.3 is 9.47 Å². The lowest BCUT2D eigenvalue weighted by Crippen LogP contribution is -2.39. The van der Waals surface area contributed by atoms with E-state index in [2.05, 4.69) is 4.98 Å². The maximum absolute atomic E-state index is 12.5. The van der Waals surface area contributed by atoms with Crippen LogP contribution in [-0.4, -0.2) is 48.3 Å². The first-order valence-electron chi connectivity index (χ1n) is 8.02. The summed E-state index contributed by atoms with van der Waals surface area (Å²) in [7, 11) is 3.34. The van der Waals surface area contributed by atoms with E-state index in [1.807, 2.05) is 4.90 Å². The summed E-state index contributed by atoms with van der Waals surface area (Å²) in [5.41, 5.74) is 0.0181. The third-order valence-corrected chi connectivity index (χ3v) is 5.43. The number of rotatable bonds is 4. The number of nitrogens with zero attached hydrogens (tertiary/aromatic N) is 5. The molecule has 0 spiro atoms. The van der Waals surface area contributed by atoms with Gasteiger partial charge in [-0.15, -0.1) is 0 Å². The van der Waals surface area contributed by atoms with Crippen LogP contribution >= 0.6 is 11.8 Å². The highest BCUT2D eigenvalue weighted by Crippen LogP contribution is 2.21. The molecule has 9 heteroatoms. The molecule has 2 aromatic heterocycles. The Hall–Kier alpha value is -2.03. The summed E-state index contributed by atoms with van der Waals surface area (Å²) in [6.45, 7) is 3.70. The first-order valence-corrected chi connectivity index (χ1v) is 9.01. The van der Waals surface area contributed by atoms with Crippen molar-refractivity contribution in [1.82, 2.24) is 23.6 Å². The van der Waals surface area contributed by atoms with Crippen molar-refractivity contribution < 1.29 is 4.79 Å². The van der Waals surface area contributed by atoms with Crippen LogP contribution in [-0.2, 0) is 25.4 Å². The minimum absolute atomic E-state index is 0.0874. The molecule has 0 N–H and O–H groups in total. The zero-order valence-electron chi connectivity index (χ0n) is 14.1. The van der Waals surface area contributed by atoms with E-state index in [9.17, 15) is 14.4 Å². The standard InChI is InChI=1S/C15H21N5O3S/c1-4-20-13(22)11-12(18(3)15(20)23)16-14(17(11)2)24-9-10(21)19-7-5-6-8-19/h4-9H2,1-3H3. The number of carbonyl (C=O) groups is 1. The molecule has 2 aromatic rings. The molecular formula is C15H21N5O3S. The topological polar surface area (TPSA) is 82.1 Å². The normalized spacial score (nSPS) is 14.7. The van der Waals surface area contributed by atoms with Gasteiger partial charge in [-0.3, -0.25) is 18.7 Å². The van der Waals surface area contributed by atoms with Gasteiger partial charge in [-0.05, 0) is 19.8 Å². The molecule has 0 bridgehead atoms. The largest absolute Gasteiger partial charge is 0.342 e. The Morgan fingerprint density at radius 2 is 1.83 bits per heavy atom. The number of hydrogen-bond acceptors (Lipinski definition) is 5. The first-order chi connectivity index (χ1) is 11.5. The molecule has 0 atom stereocenters. The van der Waals surface area contributed by atoms with Crippen molar-refractivity contribution in [3.8, 4) is 0 Å². The van der Waals surface area contributed by atoms with Gasteiger partial charge in [0, 0.05) is 33.7 Å². The molecule has 3 rings (SSSR count). The predicted octanol–water partition coefficient (Wildman–Crippen LogP) is 0.168. The Morgan fingerprint density at radius 3 is 2.46 bits per heavy atom. The van der Waals surface area contributed by atoms with Gasteiger partial charge >= 0.3 is 5.69 Å². The molecule has 1 amide bonds. The molecule has 130 valence electrons. The van der Waals surface area contributed by atoms with E-state index in [0.29, 0.717) is 22.9 Å². The highest BCUT2D eigenvalue weighted by atomic mass is 32.2. The van der Waals surface area contributed by atoms with Crippen molar-refractivity contribution in [3.05, 3.63) is 20.8 Å². The van der Waals surface area contributed by atoms with Crippen LogP contribution < -0.4 is 11.2 Å². The van der Waals surface area contributed by atoms with Gasteiger partial charge in [0.2, 0.25) is 5.91 Å². The van der Waals surface area contributed by atoms with Gasteiger partial charge in [0.05, 0.1) is 5.75 Å². The molecule has 24 heavy (non-hydrogen) atoms. The number of fused-ring (bicyclic) bond motifs is 1. The summed E-state index contributed by atoms with van der Waals surface area (Å²) in [5.74, 6) is 0.372. The van der Waals surface area contributed by atoms with Gasteiger partial charge in [0.15, 0.2) is 16.3 Å². The minimum atomic E-state index is -0.377. The molecule has 0 unspecified atom stereocenters. The van der Waals surface area contributed by atoms with Crippen LogP contribution in [0.4, 0.5) is 0 Å². The van der Waals surface area contributed by atoms with Crippen LogP contribution in [0, 0.1) is 0 Å². The van der Waals surface area contributed by atoms with Crippen LogP contribution in [0.3, 0.4) is 0 Å². The van der Waals surface area contributed by atoms with E-state index >= 15 is 0 Å². The highest BCUT2D eigenvalue weighted by Gasteiger charge is 2.21. The molecule has 0 saturated carbocycles. The molecular weight excluding hydrogens is 330 g/mol. The maximum atomic E-state index is 12.5. The number of carbonyl (C=O) groups excluding carboxylic acids is 1. The molecule has 1 saturated heterocycles. The van der Waals surface area contributed by atoms with Gasteiger partial charge in [-0.25, -0.2) is 9.78 Å². The zero-order valence-corrected chi connectivity index (χ0v) is 14.9. The van der Waals surface area contributed by atoms with Crippen LogP contribution in [0.15, 0.2) is 14.7 Å². The molecule has 1 aliphatic rings. The van der Waals surface area contributed by atoms with Crippen molar-refractivity contribution in [2.24, 2.45) is 14.1 Å². The number of likely N-dealkylation sites (tertiary alicyclic amines) is 1. The van der Waals surface area contributed by atoms with Gasteiger partial charge in [0.1, 0.15) is 0 Å². The monoisotopic (exact) mass is 351 g/mol. The summed E-state index contributed by atoms with van der Waals surface area (Å²) in [6.07, 6.45) is 2.11. The number of hydrogen-bond donors (Lipinski definition) is 0. The third kappa shape index (κ3) is 2.66. The van der Waals surface area contributed by atoms with Gasteiger partial charge in [-0.2, -0.15) is 0 Å². The minimum Gasteiger partial charge on any atom is -0.342 e. The van der Waals surface area contributed by atoms with Crippen LogP contribution in [0.25, 0.3) is 11.2 Å². The van der Waals surface area contributed by atoms with Crippen molar-refractivity contribution in [2.75, 3.05) is 18.8 Å². The second-order valence-electron chi connectivity index (χ2n) is 5.89. The fraction of sp³-hybridized carbons (Fsp3) is 0.600. The van der Waals surface area contributed by atoms with Crippen LogP contribution in [0.2, 0.25) is 0 Å². The molecule has 0 radical (unpaired) electrons. The fourth-order valence-corrected chi connectivity index (χ4v) is 3.89. The van der Waals surface area contributed by atoms with E-state index < -0.39 is 0 Å². The van der Waals surface area contributed by atoms with Gasteiger partial charge in [0.25, 0.3) is 5.56 Å². The lowest BCUT2D eigenvalue weighted by Gasteiger charge is -2.14. The molecule has 3 heterocycles. The van der Waals surface area contributed by atoms with Crippen molar-refractivity contribution >= 4 is 28.8 Å². The quantitative estimate of drug-likeness (QED) is 0.734. The molecule has 0 aromatic carbocycles. The fourth-order valence-electron chi connectivity index (χ4n) is 3.02. The Kier molecular flexibility index (Phi) is 4.53. The maximum Gasteiger partial charge on any atom is 0.332 e.